The van der Waals surface area contributed by atoms with Crippen LogP contribution < -0.4 is 4.90 Å². The molecule has 2 aromatic rings. The van der Waals surface area contributed by atoms with Gasteiger partial charge in [0.15, 0.2) is 5.71 Å². The minimum atomic E-state index is -4.47. The lowest BCUT2D eigenvalue weighted by atomic mass is 9.77. The summed E-state index contributed by atoms with van der Waals surface area (Å²) < 4.78 is 70.9. The molecule has 10 nitrogen and oxygen atoms in total. The molecular weight excluding hydrogens is 942 g/mol. The van der Waals surface area contributed by atoms with Crippen LogP contribution in [0.2, 0.25) is 0 Å². The van der Waals surface area contributed by atoms with E-state index < -0.39 is 31.6 Å². The van der Waals surface area contributed by atoms with E-state index in [4.69, 9.17) is 5.11 Å². The first-order valence-electron chi connectivity index (χ1n) is 17.7. The molecule has 0 fully saturated rings. The zero-order valence-corrected chi connectivity index (χ0v) is 36.5. The molecule has 2 heterocycles. The third-order valence-electron chi connectivity index (χ3n) is 10.1. The van der Waals surface area contributed by atoms with Crippen molar-refractivity contribution in [2.45, 2.75) is 94.3 Å². The first kappa shape index (κ1) is 43.3. The largest absolute Gasteiger partial charge is 0.481 e. The summed E-state index contributed by atoms with van der Waals surface area (Å²) >= 11 is 4.78. The van der Waals surface area contributed by atoms with Crippen LogP contribution in [0.3, 0.4) is 0 Å². The molecule has 53 heavy (non-hydrogen) atoms. The molecule has 0 saturated heterocycles. The van der Waals surface area contributed by atoms with E-state index in [1.165, 1.54) is 36.2 Å². The van der Waals surface area contributed by atoms with Crippen molar-refractivity contribution in [3.8, 4) is 0 Å². The van der Waals surface area contributed by atoms with Gasteiger partial charge in [0.05, 0.1) is 21.6 Å². The molecular formula is C39H49I2N2O8S2+. The van der Waals surface area contributed by atoms with Crippen LogP contribution in [0.15, 0.2) is 83.5 Å². The Morgan fingerprint density at radius 1 is 0.868 bits per heavy atom. The number of unbranched alkanes of at least 4 members (excludes halogenated alkanes) is 5. The normalized spacial score (nSPS) is 19.4. The fourth-order valence-electron chi connectivity index (χ4n) is 7.46. The van der Waals surface area contributed by atoms with Gasteiger partial charge in [0.1, 0.15) is 7.05 Å². The van der Waals surface area contributed by atoms with Crippen molar-refractivity contribution in [3.63, 3.8) is 0 Å². The highest BCUT2D eigenvalue weighted by Gasteiger charge is 2.45. The van der Waals surface area contributed by atoms with Gasteiger partial charge in [0, 0.05) is 49.0 Å². The highest BCUT2D eigenvalue weighted by atomic mass is 127. The summed E-state index contributed by atoms with van der Waals surface area (Å²) in [6, 6.07) is 9.06. The number of aliphatic carboxylic acids is 1. The zero-order valence-electron chi connectivity index (χ0n) is 30.6. The summed E-state index contributed by atoms with van der Waals surface area (Å²) in [6.45, 7) is 7.13. The van der Waals surface area contributed by atoms with Crippen molar-refractivity contribution in [2.24, 2.45) is 0 Å². The summed E-state index contributed by atoms with van der Waals surface area (Å²) in [5.41, 5.74) is 5.42. The van der Waals surface area contributed by atoms with Gasteiger partial charge in [0.2, 0.25) is 5.69 Å². The molecule has 14 heteroatoms. The van der Waals surface area contributed by atoms with E-state index >= 15 is 0 Å². The maximum Gasteiger partial charge on any atom is 0.303 e. The van der Waals surface area contributed by atoms with Crippen LogP contribution in [-0.2, 0) is 35.9 Å². The summed E-state index contributed by atoms with van der Waals surface area (Å²) in [5, 5.41) is 9.01. The van der Waals surface area contributed by atoms with Gasteiger partial charge >= 0.3 is 5.97 Å². The van der Waals surface area contributed by atoms with Gasteiger partial charge in [-0.15, -0.1) is 0 Å². The molecule has 0 spiro atoms. The van der Waals surface area contributed by atoms with Crippen molar-refractivity contribution in [2.75, 3.05) is 24.2 Å². The lowest BCUT2D eigenvalue weighted by Gasteiger charge is -2.30. The monoisotopic (exact) mass is 991 g/mol. The number of allylic oxidation sites excluding steroid dienone is 8. The molecule has 0 aromatic heterocycles. The average molecular weight is 992 g/mol. The van der Waals surface area contributed by atoms with Crippen LogP contribution in [0.1, 0.15) is 89.7 Å². The Bertz CT molecular complexity index is 2090. The van der Waals surface area contributed by atoms with Gasteiger partial charge in [-0.3, -0.25) is 13.9 Å². The third-order valence-corrected chi connectivity index (χ3v) is 13.2. The Morgan fingerprint density at radius 3 is 2.21 bits per heavy atom. The van der Waals surface area contributed by atoms with Crippen LogP contribution in [0.4, 0.5) is 11.4 Å². The topological polar surface area (TPSA) is 152 Å². The van der Waals surface area contributed by atoms with E-state index in [0.717, 1.165) is 36.2 Å². The highest BCUT2D eigenvalue weighted by molar-refractivity contribution is 14.1. The minimum Gasteiger partial charge on any atom is -0.481 e. The van der Waals surface area contributed by atoms with Gasteiger partial charge in [-0.05, 0) is 128 Å². The number of rotatable bonds is 18. The number of hydrogen-bond donors (Lipinski definition) is 3. The standard InChI is InChI=1S/C39H48I2N2O8S2/c1-38(2)34(42(4)33-26-28(40)25-31(41)37(33)38)17-11-6-5-7-12-18-35-39(3,22-14-10-16-24-52(46,47)48)30-27-29(53(49,50)51)20-21-32(30)43(35)23-15-9-8-13-19-36(44)45/h5-7,11-12,17-18,20-21,25-27H,8-10,13-16,19,22-24H2,1-4H3,(H2-,44,45,46,47,48,49,50,51)/p+1. The summed E-state index contributed by atoms with van der Waals surface area (Å²) in [6.07, 6.45) is 19.1. The molecule has 0 radical (unpaired) electrons. The third kappa shape index (κ3) is 10.9. The van der Waals surface area contributed by atoms with E-state index in [0.29, 0.717) is 38.6 Å². The van der Waals surface area contributed by atoms with E-state index in [1.807, 2.05) is 43.4 Å². The second kappa shape index (κ2) is 18.0. The van der Waals surface area contributed by atoms with E-state index in [9.17, 15) is 30.7 Å². The lowest BCUT2D eigenvalue weighted by molar-refractivity contribution is -0.401. The Kier molecular flexibility index (Phi) is 14.8. The van der Waals surface area contributed by atoms with Crippen LogP contribution >= 0.6 is 45.2 Å². The Balaban J connectivity index is 1.62. The minimum absolute atomic E-state index is 0.125. The van der Waals surface area contributed by atoms with Gasteiger partial charge in [-0.25, -0.2) is 0 Å². The van der Waals surface area contributed by atoms with Crippen LogP contribution in [0.5, 0.6) is 0 Å². The number of carboxylic acid groups (broad SMARTS) is 1. The molecule has 1 unspecified atom stereocenters. The number of fused-ring (bicyclic) bond motifs is 2. The molecule has 288 valence electrons. The summed E-state index contributed by atoms with van der Waals surface area (Å²) in [7, 11) is -6.45. The number of benzene rings is 2. The first-order chi connectivity index (χ1) is 24.8. The van der Waals surface area contributed by atoms with Crippen molar-refractivity contribution >= 4 is 88.5 Å². The van der Waals surface area contributed by atoms with Crippen LogP contribution in [0.25, 0.3) is 0 Å². The number of anilines is 1. The lowest BCUT2D eigenvalue weighted by Crippen LogP contribution is -2.29. The molecule has 3 N–H and O–H groups in total. The molecule has 0 bridgehead atoms. The van der Waals surface area contributed by atoms with Gasteiger partial charge in [-0.1, -0.05) is 56.1 Å². The van der Waals surface area contributed by atoms with Crippen molar-refractivity contribution < 1.29 is 40.4 Å². The van der Waals surface area contributed by atoms with Crippen LogP contribution in [0, 0.1) is 7.14 Å². The van der Waals surface area contributed by atoms with Crippen molar-refractivity contribution in [3.05, 3.63) is 96.8 Å². The fraction of sp³-hybridized carbons (Fsp3) is 0.436. The highest BCUT2D eigenvalue weighted by Crippen LogP contribution is 2.51. The van der Waals surface area contributed by atoms with Crippen molar-refractivity contribution in [1.82, 2.24) is 0 Å². The number of carboxylic acids is 1. The number of nitrogens with zero attached hydrogens (tertiary/aromatic N) is 2. The molecule has 4 rings (SSSR count). The molecule has 0 amide bonds. The molecule has 0 aliphatic carbocycles. The predicted molar refractivity (Wildman–Crippen MR) is 228 cm³/mol. The Morgan fingerprint density at radius 2 is 1.53 bits per heavy atom. The van der Waals surface area contributed by atoms with E-state index in [2.05, 4.69) is 93.8 Å². The SMILES string of the molecule is C[N+]1=C(/C=C/C=C/C=C/C=C2\N(CCCCCCC(=O)O)c3ccc(S(=O)(=O)O)cc3C2(C)CCCCCS(=O)(=O)O)C(C)(C)c2c(I)cc(I)cc21. The fourth-order valence-corrected chi connectivity index (χ4v) is 11.0. The second-order valence-electron chi connectivity index (χ2n) is 14.3. The quantitative estimate of drug-likeness (QED) is 0.0437. The zero-order chi connectivity index (χ0) is 39.2. The molecule has 2 aliphatic rings. The van der Waals surface area contributed by atoms with E-state index in [1.54, 1.807) is 6.07 Å². The molecule has 1 atom stereocenters. The maximum absolute atomic E-state index is 12.2. The summed E-state index contributed by atoms with van der Waals surface area (Å²) in [5.74, 6) is -1.14. The van der Waals surface area contributed by atoms with Crippen LogP contribution in [-0.4, -0.2) is 66.6 Å². The number of hydrogen-bond acceptors (Lipinski definition) is 6. The number of halogens is 2. The van der Waals surface area contributed by atoms with E-state index in [-0.39, 0.29) is 22.5 Å². The first-order valence-corrected chi connectivity index (χ1v) is 22.9. The van der Waals surface area contributed by atoms with Gasteiger partial charge in [-0.2, -0.15) is 21.4 Å². The Hall–Kier alpha value is -2.38. The predicted octanol–water partition coefficient (Wildman–Crippen LogP) is 8.96. The molecule has 2 aliphatic heterocycles. The van der Waals surface area contributed by atoms with Crippen molar-refractivity contribution in [1.29, 1.82) is 0 Å². The maximum atomic E-state index is 12.2. The van der Waals surface area contributed by atoms with Gasteiger partial charge in [0.25, 0.3) is 20.2 Å². The Labute approximate surface area is 341 Å². The second-order valence-corrected chi connectivity index (χ2v) is 19.7. The molecule has 0 saturated carbocycles. The smallest absolute Gasteiger partial charge is 0.303 e. The summed E-state index contributed by atoms with van der Waals surface area (Å²) in [4.78, 5) is 12.9. The average Bonchev–Trinajstić information content (AvgIpc) is 3.39. The molecule has 2 aromatic carbocycles. The van der Waals surface area contributed by atoms with Gasteiger partial charge < -0.3 is 10.0 Å². The number of carbonyl (C=O) groups is 1.